The molecule has 0 bridgehead atoms. The molecule has 0 aliphatic rings. The van der Waals surface area contributed by atoms with Crippen LogP contribution < -0.4 is 14.7 Å². The van der Waals surface area contributed by atoms with E-state index in [1.807, 2.05) is 11.3 Å². The van der Waals surface area contributed by atoms with Crippen molar-refractivity contribution in [1.29, 1.82) is 0 Å². The Hall–Kier alpha value is -8.70. The molecule has 0 spiro atoms. The van der Waals surface area contributed by atoms with E-state index in [1.54, 1.807) is 0 Å². The molecule has 322 valence electrons. The van der Waals surface area contributed by atoms with Crippen molar-refractivity contribution in [3.63, 3.8) is 0 Å². The smallest absolute Gasteiger partial charge is 0.0540 e. The van der Waals surface area contributed by atoms with Crippen LogP contribution in [0.3, 0.4) is 0 Å². The van der Waals surface area contributed by atoms with E-state index < -0.39 is 0 Å². The maximum absolute atomic E-state index is 2.42. The summed E-state index contributed by atoms with van der Waals surface area (Å²) in [6, 6.07) is 98.6. The van der Waals surface area contributed by atoms with Gasteiger partial charge in [-0.05, 0) is 131 Å². The number of hydrogen-bond donors (Lipinski definition) is 0. The fourth-order valence-corrected chi connectivity index (χ4v) is 10.8. The predicted molar refractivity (Wildman–Crippen MR) is 292 cm³/mol. The Labute approximate surface area is 401 Å². The van der Waals surface area contributed by atoms with Crippen LogP contribution >= 0.6 is 11.3 Å². The Morgan fingerprint density at radius 3 is 1.22 bits per heavy atom. The second kappa shape index (κ2) is 17.9. The van der Waals surface area contributed by atoms with Crippen LogP contribution in [0.1, 0.15) is 0 Å². The zero-order valence-electron chi connectivity index (χ0n) is 37.2. The SMILES string of the molecule is c1ccc(-c2ccc(N(c3ccccc3)c3cc(-c4ccc(N(c5ccccc5)c5ccc6c(c5)sc5ccccc56)c5ccccc45)cc(N(c4ccccc4)c4ccccc4)c3)cc2)cc1. The topological polar surface area (TPSA) is 9.72 Å². The monoisotopic (exact) mass is 887 g/mol. The molecule has 12 rings (SSSR count). The van der Waals surface area contributed by atoms with E-state index in [0.29, 0.717) is 0 Å². The number of thiophene rings is 1. The molecule has 0 N–H and O–H groups in total. The zero-order chi connectivity index (χ0) is 45.2. The summed E-state index contributed by atoms with van der Waals surface area (Å²) >= 11 is 1.85. The molecule has 1 heterocycles. The van der Waals surface area contributed by atoms with Crippen LogP contribution in [0.15, 0.2) is 273 Å². The molecule has 0 saturated heterocycles. The number of fused-ring (bicyclic) bond motifs is 4. The average Bonchev–Trinajstić information content (AvgIpc) is 3.79. The van der Waals surface area contributed by atoms with Crippen LogP contribution in [0.2, 0.25) is 0 Å². The van der Waals surface area contributed by atoms with Crippen LogP contribution in [0, 0.1) is 0 Å². The molecule has 0 aliphatic heterocycles. The van der Waals surface area contributed by atoms with Crippen LogP contribution in [-0.4, -0.2) is 0 Å². The highest BCUT2D eigenvalue weighted by molar-refractivity contribution is 7.25. The molecular weight excluding hydrogens is 843 g/mol. The normalized spacial score (nSPS) is 11.2. The van der Waals surface area contributed by atoms with Gasteiger partial charge in [0, 0.05) is 71.1 Å². The number of benzene rings is 11. The molecule has 0 unspecified atom stereocenters. The van der Waals surface area contributed by atoms with Gasteiger partial charge in [-0.2, -0.15) is 0 Å². The van der Waals surface area contributed by atoms with Crippen molar-refractivity contribution >= 4 is 93.5 Å². The lowest BCUT2D eigenvalue weighted by molar-refractivity contribution is 1.25. The Kier molecular flexibility index (Phi) is 10.8. The molecule has 0 aliphatic carbocycles. The highest BCUT2D eigenvalue weighted by Gasteiger charge is 2.22. The zero-order valence-corrected chi connectivity index (χ0v) is 38.0. The second-order valence-electron chi connectivity index (χ2n) is 17.0. The highest BCUT2D eigenvalue weighted by atomic mass is 32.1. The molecule has 11 aromatic carbocycles. The second-order valence-corrected chi connectivity index (χ2v) is 18.0. The van der Waals surface area contributed by atoms with Crippen LogP contribution in [0.4, 0.5) is 51.2 Å². The standard InChI is InChI=1S/C64H45N3S/c1-6-20-46(21-7-1)47-34-36-53(37-35-47)66(51-26-12-4-13-27-51)56-43-48(42-55(44-56)65(49-22-8-2-9-23-49)50-24-10-3-11-25-50)57-40-41-62(59-31-17-16-30-58(57)59)67(52-28-14-5-15-29-52)54-38-39-61-60-32-18-19-33-63(60)68-64(61)45-54/h1-45H. The third kappa shape index (κ3) is 7.73. The van der Waals surface area contributed by atoms with Crippen molar-refractivity contribution in [1.82, 2.24) is 0 Å². The number of nitrogens with zero attached hydrogens (tertiary/aromatic N) is 3. The average molecular weight is 888 g/mol. The summed E-state index contributed by atoms with van der Waals surface area (Å²) in [7, 11) is 0. The van der Waals surface area contributed by atoms with Gasteiger partial charge >= 0.3 is 0 Å². The van der Waals surface area contributed by atoms with E-state index >= 15 is 0 Å². The van der Waals surface area contributed by atoms with Gasteiger partial charge < -0.3 is 14.7 Å². The van der Waals surface area contributed by atoms with E-state index in [4.69, 9.17) is 0 Å². The van der Waals surface area contributed by atoms with E-state index in [9.17, 15) is 0 Å². The number of para-hydroxylation sites is 4. The van der Waals surface area contributed by atoms with Gasteiger partial charge in [0.25, 0.3) is 0 Å². The third-order valence-corrected chi connectivity index (χ3v) is 13.9. The summed E-state index contributed by atoms with van der Waals surface area (Å²) in [5.41, 5.74) is 14.4. The minimum atomic E-state index is 1.05. The Morgan fingerprint density at radius 1 is 0.221 bits per heavy atom. The van der Waals surface area contributed by atoms with Gasteiger partial charge in [0.2, 0.25) is 0 Å². The van der Waals surface area contributed by atoms with Gasteiger partial charge in [0.15, 0.2) is 0 Å². The fourth-order valence-electron chi connectivity index (χ4n) is 9.66. The predicted octanol–water partition coefficient (Wildman–Crippen LogP) is 19.0. The summed E-state index contributed by atoms with van der Waals surface area (Å²) < 4.78 is 2.57. The van der Waals surface area contributed by atoms with Crippen molar-refractivity contribution in [2.75, 3.05) is 14.7 Å². The largest absolute Gasteiger partial charge is 0.310 e. The van der Waals surface area contributed by atoms with E-state index in [-0.39, 0.29) is 0 Å². The van der Waals surface area contributed by atoms with Crippen molar-refractivity contribution in [2.24, 2.45) is 0 Å². The molecular formula is C64H45N3S. The van der Waals surface area contributed by atoms with Crippen LogP contribution in [0.5, 0.6) is 0 Å². The van der Waals surface area contributed by atoms with E-state index in [0.717, 1.165) is 67.7 Å². The molecule has 1 aromatic heterocycles. The minimum absolute atomic E-state index is 1.05. The van der Waals surface area contributed by atoms with Gasteiger partial charge in [-0.25, -0.2) is 0 Å². The summed E-state index contributed by atoms with van der Waals surface area (Å²) in [5, 5.41) is 4.92. The molecule has 0 atom stereocenters. The summed E-state index contributed by atoms with van der Waals surface area (Å²) in [6.07, 6.45) is 0. The first-order valence-corrected chi connectivity index (χ1v) is 23.9. The highest BCUT2D eigenvalue weighted by Crippen LogP contribution is 2.48. The van der Waals surface area contributed by atoms with Gasteiger partial charge in [-0.3, -0.25) is 0 Å². The maximum atomic E-state index is 2.42. The lowest BCUT2D eigenvalue weighted by atomic mass is 9.95. The summed E-state index contributed by atoms with van der Waals surface area (Å²) in [4.78, 5) is 7.17. The molecule has 0 radical (unpaired) electrons. The molecule has 0 amide bonds. The molecule has 0 saturated carbocycles. The van der Waals surface area contributed by atoms with Crippen molar-refractivity contribution < 1.29 is 0 Å². The maximum Gasteiger partial charge on any atom is 0.0540 e. The van der Waals surface area contributed by atoms with Crippen molar-refractivity contribution in [3.8, 4) is 22.3 Å². The Bertz CT molecular complexity index is 3630. The van der Waals surface area contributed by atoms with E-state index in [2.05, 4.69) is 288 Å². The lowest BCUT2D eigenvalue weighted by Crippen LogP contribution is -2.13. The van der Waals surface area contributed by atoms with Crippen LogP contribution in [-0.2, 0) is 0 Å². The summed E-state index contributed by atoms with van der Waals surface area (Å²) in [5.74, 6) is 0. The van der Waals surface area contributed by atoms with Crippen molar-refractivity contribution in [2.45, 2.75) is 0 Å². The first-order chi connectivity index (χ1) is 33.7. The number of rotatable bonds is 11. The summed E-state index contributed by atoms with van der Waals surface area (Å²) in [6.45, 7) is 0. The van der Waals surface area contributed by atoms with Gasteiger partial charge in [0.1, 0.15) is 0 Å². The number of hydrogen-bond acceptors (Lipinski definition) is 4. The first-order valence-electron chi connectivity index (χ1n) is 23.1. The molecule has 0 fully saturated rings. The quantitative estimate of drug-likeness (QED) is 0.128. The molecule has 12 aromatic rings. The van der Waals surface area contributed by atoms with Gasteiger partial charge in [-0.15, -0.1) is 11.3 Å². The first kappa shape index (κ1) is 40.8. The minimum Gasteiger partial charge on any atom is -0.310 e. The van der Waals surface area contributed by atoms with Crippen molar-refractivity contribution in [3.05, 3.63) is 273 Å². The third-order valence-electron chi connectivity index (χ3n) is 12.8. The lowest BCUT2D eigenvalue weighted by Gasteiger charge is -2.31. The van der Waals surface area contributed by atoms with E-state index in [1.165, 1.54) is 36.7 Å². The molecule has 3 nitrogen and oxygen atoms in total. The Balaban J connectivity index is 1.07. The van der Waals surface area contributed by atoms with Crippen LogP contribution in [0.25, 0.3) is 53.2 Å². The van der Waals surface area contributed by atoms with Gasteiger partial charge in [0.05, 0.1) is 5.69 Å². The van der Waals surface area contributed by atoms with Gasteiger partial charge in [-0.1, -0.05) is 170 Å². The molecule has 4 heteroatoms. The Morgan fingerprint density at radius 2 is 0.647 bits per heavy atom. The fraction of sp³-hybridized carbons (Fsp3) is 0. The molecule has 68 heavy (non-hydrogen) atoms. The number of anilines is 9.